The van der Waals surface area contributed by atoms with Crippen molar-refractivity contribution in [1.82, 2.24) is 4.72 Å². The SMILES string of the molecule is Cc1sc(CO)cc1S(=O)(=O)NCc1cc(F)ccc1F. The van der Waals surface area contributed by atoms with E-state index in [1.165, 1.54) is 17.4 Å². The Morgan fingerprint density at radius 1 is 1.29 bits per heavy atom. The predicted molar refractivity (Wildman–Crippen MR) is 75.4 cm³/mol. The molecule has 0 fully saturated rings. The van der Waals surface area contributed by atoms with E-state index in [0.717, 1.165) is 18.2 Å². The second-order valence-electron chi connectivity index (χ2n) is 4.35. The molecular formula is C13H13F2NO3S2. The van der Waals surface area contributed by atoms with Gasteiger partial charge in [-0.1, -0.05) is 0 Å². The molecule has 2 rings (SSSR count). The van der Waals surface area contributed by atoms with Crippen LogP contribution in [0.5, 0.6) is 0 Å². The maximum atomic E-state index is 13.5. The largest absolute Gasteiger partial charge is 0.391 e. The number of halogens is 2. The lowest BCUT2D eigenvalue weighted by atomic mass is 10.2. The molecule has 0 atom stereocenters. The van der Waals surface area contributed by atoms with Crippen molar-refractivity contribution in [2.24, 2.45) is 0 Å². The van der Waals surface area contributed by atoms with Crippen molar-refractivity contribution in [3.05, 3.63) is 51.2 Å². The van der Waals surface area contributed by atoms with Gasteiger partial charge < -0.3 is 5.11 Å². The molecule has 114 valence electrons. The van der Waals surface area contributed by atoms with Gasteiger partial charge in [0, 0.05) is 21.9 Å². The van der Waals surface area contributed by atoms with E-state index in [-0.39, 0.29) is 23.6 Å². The zero-order chi connectivity index (χ0) is 15.6. The van der Waals surface area contributed by atoms with Gasteiger partial charge in [-0.25, -0.2) is 21.9 Å². The average molecular weight is 333 g/mol. The first-order valence-electron chi connectivity index (χ1n) is 5.97. The molecule has 1 aromatic carbocycles. The molecule has 0 spiro atoms. The Morgan fingerprint density at radius 3 is 2.62 bits per heavy atom. The van der Waals surface area contributed by atoms with E-state index >= 15 is 0 Å². The van der Waals surface area contributed by atoms with Crippen molar-refractivity contribution in [3.8, 4) is 0 Å². The number of sulfonamides is 1. The Morgan fingerprint density at radius 2 is 2.00 bits per heavy atom. The van der Waals surface area contributed by atoms with Gasteiger partial charge in [-0.3, -0.25) is 0 Å². The van der Waals surface area contributed by atoms with Gasteiger partial charge in [0.15, 0.2) is 0 Å². The fourth-order valence-electron chi connectivity index (χ4n) is 1.80. The van der Waals surface area contributed by atoms with Crippen LogP contribution in [0.15, 0.2) is 29.2 Å². The monoisotopic (exact) mass is 333 g/mol. The maximum Gasteiger partial charge on any atom is 0.241 e. The van der Waals surface area contributed by atoms with Crippen LogP contribution in [0.2, 0.25) is 0 Å². The molecule has 0 unspecified atom stereocenters. The van der Waals surface area contributed by atoms with Crippen LogP contribution >= 0.6 is 11.3 Å². The second-order valence-corrected chi connectivity index (χ2v) is 7.43. The van der Waals surface area contributed by atoms with Crippen LogP contribution in [-0.4, -0.2) is 13.5 Å². The number of aliphatic hydroxyl groups is 1. The molecule has 2 N–H and O–H groups in total. The molecule has 4 nitrogen and oxygen atoms in total. The highest BCUT2D eigenvalue weighted by Gasteiger charge is 2.20. The third-order valence-corrected chi connectivity index (χ3v) is 5.52. The summed E-state index contributed by atoms with van der Waals surface area (Å²) in [5.74, 6) is -1.32. The summed E-state index contributed by atoms with van der Waals surface area (Å²) in [7, 11) is -3.85. The predicted octanol–water partition coefficient (Wildman–Crippen LogP) is 2.31. The molecule has 21 heavy (non-hydrogen) atoms. The summed E-state index contributed by atoms with van der Waals surface area (Å²) in [6, 6.07) is 4.21. The molecule has 0 aliphatic rings. The Kier molecular flexibility index (Phi) is 4.72. The molecule has 2 aromatic rings. The van der Waals surface area contributed by atoms with E-state index in [1.807, 2.05) is 0 Å². The lowest BCUT2D eigenvalue weighted by Gasteiger charge is -2.07. The van der Waals surface area contributed by atoms with Crippen molar-refractivity contribution >= 4 is 21.4 Å². The van der Waals surface area contributed by atoms with Crippen LogP contribution in [0.3, 0.4) is 0 Å². The minimum atomic E-state index is -3.85. The Balaban J connectivity index is 2.21. The quantitative estimate of drug-likeness (QED) is 0.882. The van der Waals surface area contributed by atoms with Crippen LogP contribution in [0.4, 0.5) is 8.78 Å². The van der Waals surface area contributed by atoms with E-state index in [1.54, 1.807) is 6.92 Å². The van der Waals surface area contributed by atoms with Gasteiger partial charge in [-0.15, -0.1) is 11.3 Å². The highest BCUT2D eigenvalue weighted by Crippen LogP contribution is 2.25. The number of aryl methyl sites for hydroxylation is 1. The first-order valence-corrected chi connectivity index (χ1v) is 8.27. The Bertz CT molecular complexity index is 757. The van der Waals surface area contributed by atoms with Gasteiger partial charge in [-0.2, -0.15) is 0 Å². The molecule has 0 bridgehead atoms. The fourth-order valence-corrected chi connectivity index (χ4v) is 4.30. The number of hydrogen-bond donors (Lipinski definition) is 2. The number of thiophene rings is 1. The molecule has 8 heteroatoms. The van der Waals surface area contributed by atoms with E-state index in [4.69, 9.17) is 5.11 Å². The molecule has 0 radical (unpaired) electrons. The van der Waals surface area contributed by atoms with Gasteiger partial charge in [0.1, 0.15) is 11.6 Å². The summed E-state index contributed by atoms with van der Waals surface area (Å²) in [5.41, 5.74) is -0.0751. The lowest BCUT2D eigenvalue weighted by Crippen LogP contribution is -2.24. The average Bonchev–Trinajstić information content (AvgIpc) is 2.82. The Hall–Kier alpha value is -1.35. The summed E-state index contributed by atoms with van der Waals surface area (Å²) in [6.07, 6.45) is 0. The number of nitrogens with one attached hydrogen (secondary N) is 1. The van der Waals surface area contributed by atoms with E-state index in [9.17, 15) is 17.2 Å². The van der Waals surface area contributed by atoms with Crippen LogP contribution in [-0.2, 0) is 23.2 Å². The third-order valence-electron chi connectivity index (χ3n) is 2.83. The van der Waals surface area contributed by atoms with Gasteiger partial charge in [-0.05, 0) is 31.2 Å². The molecule has 0 amide bonds. The maximum absolute atomic E-state index is 13.5. The molecule has 0 aliphatic heterocycles. The molecule has 1 aromatic heterocycles. The molecular weight excluding hydrogens is 320 g/mol. The number of rotatable bonds is 5. The van der Waals surface area contributed by atoms with Crippen LogP contribution in [0.25, 0.3) is 0 Å². The van der Waals surface area contributed by atoms with Gasteiger partial charge in [0.25, 0.3) is 0 Å². The Labute approximate surface area is 125 Å². The number of aliphatic hydroxyl groups excluding tert-OH is 1. The molecule has 0 saturated carbocycles. The van der Waals surface area contributed by atoms with Crippen molar-refractivity contribution in [2.45, 2.75) is 25.0 Å². The van der Waals surface area contributed by atoms with Gasteiger partial charge in [0.05, 0.1) is 11.5 Å². The summed E-state index contributed by atoms with van der Waals surface area (Å²) in [4.78, 5) is 1.07. The van der Waals surface area contributed by atoms with Crippen molar-refractivity contribution in [2.75, 3.05) is 0 Å². The first-order chi connectivity index (χ1) is 9.83. The minimum absolute atomic E-state index is 0.0355. The molecule has 0 aliphatic carbocycles. The third kappa shape index (κ3) is 3.65. The minimum Gasteiger partial charge on any atom is -0.391 e. The lowest BCUT2D eigenvalue weighted by molar-refractivity contribution is 0.285. The zero-order valence-electron chi connectivity index (χ0n) is 11.1. The van der Waals surface area contributed by atoms with Crippen LogP contribution < -0.4 is 4.72 Å². The highest BCUT2D eigenvalue weighted by molar-refractivity contribution is 7.89. The molecule has 0 saturated heterocycles. The first kappa shape index (κ1) is 16.0. The molecule has 1 heterocycles. The zero-order valence-corrected chi connectivity index (χ0v) is 12.7. The summed E-state index contributed by atoms with van der Waals surface area (Å²) in [5, 5.41) is 9.02. The normalized spacial score (nSPS) is 11.8. The number of hydrogen-bond acceptors (Lipinski definition) is 4. The van der Waals surface area contributed by atoms with E-state index in [2.05, 4.69) is 4.72 Å². The second kappa shape index (κ2) is 6.18. The highest BCUT2D eigenvalue weighted by atomic mass is 32.2. The smallest absolute Gasteiger partial charge is 0.241 e. The topological polar surface area (TPSA) is 66.4 Å². The van der Waals surface area contributed by atoms with Crippen molar-refractivity contribution in [3.63, 3.8) is 0 Å². The summed E-state index contributed by atoms with van der Waals surface area (Å²) < 4.78 is 53.0. The van der Waals surface area contributed by atoms with Crippen LogP contribution in [0, 0.1) is 18.6 Å². The summed E-state index contributed by atoms with van der Waals surface area (Å²) >= 11 is 1.17. The van der Waals surface area contributed by atoms with Gasteiger partial charge >= 0.3 is 0 Å². The number of benzene rings is 1. The standard InChI is InChI=1S/C13H13F2NO3S2/c1-8-13(5-11(7-17)20-8)21(18,19)16-6-9-4-10(14)2-3-12(9)15/h2-5,16-17H,6-7H2,1H3. The van der Waals surface area contributed by atoms with Gasteiger partial charge in [0.2, 0.25) is 10.0 Å². The van der Waals surface area contributed by atoms with Crippen LogP contribution in [0.1, 0.15) is 15.3 Å². The van der Waals surface area contributed by atoms with E-state index in [0.29, 0.717) is 9.75 Å². The van der Waals surface area contributed by atoms with E-state index < -0.39 is 21.7 Å². The van der Waals surface area contributed by atoms with Crippen molar-refractivity contribution < 1.29 is 22.3 Å². The summed E-state index contributed by atoms with van der Waals surface area (Å²) in [6.45, 7) is 1.01. The fraction of sp³-hybridized carbons (Fsp3) is 0.231. The van der Waals surface area contributed by atoms with Crippen molar-refractivity contribution in [1.29, 1.82) is 0 Å².